The number of rotatable bonds is 7. The van der Waals surface area contributed by atoms with E-state index < -0.39 is 10.0 Å². The molecular formula is C20H26Cl2N2O2S. The number of hydrogen-bond acceptors (Lipinski definition) is 3. The lowest BCUT2D eigenvalue weighted by atomic mass is 10.00. The molecule has 0 unspecified atom stereocenters. The van der Waals surface area contributed by atoms with Gasteiger partial charge in [-0.15, -0.1) is 12.4 Å². The smallest absolute Gasteiger partial charge is 0.242 e. The van der Waals surface area contributed by atoms with Crippen molar-refractivity contribution in [3.05, 3.63) is 64.2 Å². The Morgan fingerprint density at radius 3 is 2.56 bits per heavy atom. The Morgan fingerprint density at radius 1 is 1.07 bits per heavy atom. The molecule has 1 aliphatic heterocycles. The van der Waals surface area contributed by atoms with Crippen molar-refractivity contribution in [2.75, 3.05) is 19.6 Å². The molecule has 1 heterocycles. The summed E-state index contributed by atoms with van der Waals surface area (Å²) in [5.74, 6) is 0. The lowest BCUT2D eigenvalue weighted by Crippen LogP contribution is -2.32. The summed E-state index contributed by atoms with van der Waals surface area (Å²) in [7, 11) is -3.56. The van der Waals surface area contributed by atoms with Crippen LogP contribution in [0.2, 0.25) is 5.02 Å². The Bertz CT molecular complexity index is 852. The van der Waals surface area contributed by atoms with Crippen LogP contribution in [0.5, 0.6) is 0 Å². The fourth-order valence-electron chi connectivity index (χ4n) is 3.44. The predicted molar refractivity (Wildman–Crippen MR) is 113 cm³/mol. The van der Waals surface area contributed by atoms with Gasteiger partial charge >= 0.3 is 0 Å². The van der Waals surface area contributed by atoms with Gasteiger partial charge < -0.3 is 0 Å². The van der Waals surface area contributed by atoms with Crippen LogP contribution in [0.15, 0.2) is 47.4 Å². The van der Waals surface area contributed by atoms with Gasteiger partial charge in [0.25, 0.3) is 0 Å². The SMILES string of the molecule is Cc1cccc(Cl)c1S(=O)(=O)NCCCCN1CCc2ccccc2C1.Cl. The molecule has 0 atom stereocenters. The molecule has 0 saturated carbocycles. The molecule has 7 heteroatoms. The van der Waals surface area contributed by atoms with Gasteiger partial charge in [-0.1, -0.05) is 48.0 Å². The molecule has 4 nitrogen and oxygen atoms in total. The number of hydrogen-bond donors (Lipinski definition) is 1. The first kappa shape index (κ1) is 22.2. The van der Waals surface area contributed by atoms with Crippen LogP contribution in [0.4, 0.5) is 0 Å². The van der Waals surface area contributed by atoms with Crippen LogP contribution in [0, 0.1) is 6.92 Å². The lowest BCUT2D eigenvalue weighted by Gasteiger charge is -2.28. The molecule has 0 radical (unpaired) electrons. The molecule has 0 spiro atoms. The van der Waals surface area contributed by atoms with E-state index in [1.54, 1.807) is 25.1 Å². The van der Waals surface area contributed by atoms with Gasteiger partial charge in [-0.2, -0.15) is 0 Å². The third kappa shape index (κ3) is 5.69. The maximum atomic E-state index is 12.5. The van der Waals surface area contributed by atoms with E-state index >= 15 is 0 Å². The van der Waals surface area contributed by atoms with Gasteiger partial charge in [0, 0.05) is 19.6 Å². The van der Waals surface area contributed by atoms with Gasteiger partial charge in [0.15, 0.2) is 0 Å². The van der Waals surface area contributed by atoms with E-state index in [9.17, 15) is 8.42 Å². The highest BCUT2D eigenvalue weighted by Gasteiger charge is 2.20. The van der Waals surface area contributed by atoms with Crippen LogP contribution in [-0.2, 0) is 23.0 Å². The van der Waals surface area contributed by atoms with E-state index in [-0.39, 0.29) is 22.3 Å². The van der Waals surface area contributed by atoms with Crippen LogP contribution >= 0.6 is 24.0 Å². The largest absolute Gasteiger partial charge is 0.299 e. The summed E-state index contributed by atoms with van der Waals surface area (Å²) in [5.41, 5.74) is 3.53. The van der Waals surface area contributed by atoms with Crippen molar-refractivity contribution in [1.29, 1.82) is 0 Å². The van der Waals surface area contributed by atoms with Crippen molar-refractivity contribution in [2.45, 2.75) is 37.6 Å². The van der Waals surface area contributed by atoms with Gasteiger partial charge in [-0.05, 0) is 55.5 Å². The molecule has 27 heavy (non-hydrogen) atoms. The van der Waals surface area contributed by atoms with Gasteiger partial charge in [-0.3, -0.25) is 4.90 Å². The molecule has 0 bridgehead atoms. The zero-order chi connectivity index (χ0) is 18.6. The summed E-state index contributed by atoms with van der Waals surface area (Å²) in [6.07, 6.45) is 2.86. The predicted octanol–water partition coefficient (Wildman–Crippen LogP) is 4.19. The molecule has 3 rings (SSSR count). The van der Waals surface area contributed by atoms with Crippen molar-refractivity contribution < 1.29 is 8.42 Å². The van der Waals surface area contributed by atoms with Crippen LogP contribution in [-0.4, -0.2) is 33.0 Å². The molecule has 2 aromatic carbocycles. The van der Waals surface area contributed by atoms with Crippen molar-refractivity contribution in [3.8, 4) is 0 Å². The average Bonchev–Trinajstić information content (AvgIpc) is 2.61. The summed E-state index contributed by atoms with van der Waals surface area (Å²) in [6.45, 7) is 5.23. The Kier molecular flexibility index (Phi) is 8.13. The number of unbranched alkanes of at least 4 members (excludes halogenated alkanes) is 1. The fraction of sp³-hybridized carbons (Fsp3) is 0.400. The van der Waals surface area contributed by atoms with Gasteiger partial charge in [0.2, 0.25) is 10.0 Å². The van der Waals surface area contributed by atoms with E-state index in [1.165, 1.54) is 11.1 Å². The third-order valence-electron chi connectivity index (χ3n) is 4.84. The molecule has 148 valence electrons. The van der Waals surface area contributed by atoms with E-state index in [0.717, 1.165) is 38.9 Å². The zero-order valence-corrected chi connectivity index (χ0v) is 17.8. The third-order valence-corrected chi connectivity index (χ3v) is 6.93. The molecule has 0 aliphatic carbocycles. The summed E-state index contributed by atoms with van der Waals surface area (Å²) < 4.78 is 27.6. The van der Waals surface area contributed by atoms with Gasteiger partial charge in [0.1, 0.15) is 4.90 Å². The van der Waals surface area contributed by atoms with E-state index in [0.29, 0.717) is 12.1 Å². The summed E-state index contributed by atoms with van der Waals surface area (Å²) in [6, 6.07) is 13.7. The average molecular weight is 429 g/mol. The Hall–Kier alpha value is -1.11. The monoisotopic (exact) mass is 428 g/mol. The van der Waals surface area contributed by atoms with E-state index in [1.807, 2.05) is 0 Å². The second-order valence-electron chi connectivity index (χ2n) is 6.79. The highest BCUT2D eigenvalue weighted by Crippen LogP contribution is 2.24. The first-order valence-electron chi connectivity index (χ1n) is 9.01. The van der Waals surface area contributed by atoms with Crippen LogP contribution in [0.3, 0.4) is 0 Å². The lowest BCUT2D eigenvalue weighted by molar-refractivity contribution is 0.249. The normalized spacial score (nSPS) is 14.4. The number of halogens is 2. The van der Waals surface area contributed by atoms with Crippen molar-refractivity contribution in [1.82, 2.24) is 9.62 Å². The number of nitrogens with zero attached hydrogens (tertiary/aromatic N) is 1. The van der Waals surface area contributed by atoms with E-state index in [2.05, 4.69) is 33.9 Å². The maximum absolute atomic E-state index is 12.5. The molecule has 2 aromatic rings. The number of nitrogens with one attached hydrogen (secondary N) is 1. The molecule has 0 saturated heterocycles. The second-order valence-corrected chi connectivity index (χ2v) is 8.90. The summed E-state index contributed by atoms with van der Waals surface area (Å²) in [4.78, 5) is 2.63. The van der Waals surface area contributed by atoms with Crippen molar-refractivity contribution in [2.24, 2.45) is 0 Å². The van der Waals surface area contributed by atoms with Crippen LogP contribution in [0.1, 0.15) is 29.5 Å². The highest BCUT2D eigenvalue weighted by molar-refractivity contribution is 7.89. The number of aryl methyl sites for hydroxylation is 1. The molecule has 0 fully saturated rings. The van der Waals surface area contributed by atoms with Crippen molar-refractivity contribution >= 4 is 34.0 Å². The van der Waals surface area contributed by atoms with Crippen molar-refractivity contribution in [3.63, 3.8) is 0 Å². The zero-order valence-electron chi connectivity index (χ0n) is 15.4. The highest BCUT2D eigenvalue weighted by atomic mass is 35.5. The summed E-state index contributed by atoms with van der Waals surface area (Å²) in [5, 5.41) is 0.268. The maximum Gasteiger partial charge on any atom is 0.242 e. The fourth-order valence-corrected chi connectivity index (χ4v) is 5.34. The second kappa shape index (κ2) is 9.89. The Balaban J connectivity index is 0.00000261. The number of benzene rings is 2. The molecule has 1 N–H and O–H groups in total. The minimum absolute atomic E-state index is 0. The summed E-state index contributed by atoms with van der Waals surface area (Å²) >= 11 is 6.07. The standard InChI is InChI=1S/C20H25ClN2O2S.ClH/c1-16-7-6-10-19(21)20(16)26(24,25)22-12-4-5-13-23-14-11-17-8-2-3-9-18(17)15-23;/h2-3,6-10,22H,4-5,11-15H2,1H3;1H. The van der Waals surface area contributed by atoms with Crippen LogP contribution in [0.25, 0.3) is 0 Å². The van der Waals surface area contributed by atoms with Crippen LogP contribution < -0.4 is 4.72 Å². The Labute approximate surface area is 173 Å². The topological polar surface area (TPSA) is 49.4 Å². The quantitative estimate of drug-likeness (QED) is 0.672. The van der Waals surface area contributed by atoms with Gasteiger partial charge in [0.05, 0.1) is 5.02 Å². The number of fused-ring (bicyclic) bond motifs is 1. The molecular weight excluding hydrogens is 403 g/mol. The first-order valence-corrected chi connectivity index (χ1v) is 10.9. The molecule has 1 aliphatic rings. The first-order chi connectivity index (χ1) is 12.5. The minimum atomic E-state index is -3.56. The Morgan fingerprint density at radius 2 is 1.81 bits per heavy atom. The van der Waals surface area contributed by atoms with Gasteiger partial charge in [-0.25, -0.2) is 13.1 Å². The minimum Gasteiger partial charge on any atom is -0.299 e. The number of sulfonamides is 1. The molecule has 0 amide bonds. The molecule has 0 aromatic heterocycles. The van der Waals surface area contributed by atoms with E-state index in [4.69, 9.17) is 11.6 Å².